The minimum absolute atomic E-state index is 0.192. The van der Waals surface area contributed by atoms with E-state index in [1.807, 2.05) is 0 Å². The number of hydrogen-bond donors (Lipinski definition) is 0. The van der Waals surface area contributed by atoms with Crippen molar-refractivity contribution in [3.63, 3.8) is 0 Å². The van der Waals surface area contributed by atoms with Crippen LogP contribution in [-0.2, 0) is 14.0 Å². The van der Waals surface area contributed by atoms with Gasteiger partial charge in [-0.1, -0.05) is 6.08 Å². The third-order valence-electron chi connectivity index (χ3n) is 4.55. The van der Waals surface area contributed by atoms with Crippen LogP contribution in [0.3, 0.4) is 0 Å². The Kier molecular flexibility index (Phi) is 3.91. The second-order valence-corrected chi connectivity index (χ2v) is 6.26. The lowest BCUT2D eigenvalue weighted by Gasteiger charge is -2.32. The van der Waals surface area contributed by atoms with Gasteiger partial charge in [-0.25, -0.2) is 0 Å². The lowest BCUT2D eigenvalue weighted by molar-refractivity contribution is 0.00578. The van der Waals surface area contributed by atoms with Gasteiger partial charge in [0.1, 0.15) is 0 Å². The van der Waals surface area contributed by atoms with Gasteiger partial charge in [-0.2, -0.15) is 0 Å². The molecule has 0 atom stereocenters. The smallest absolute Gasteiger partial charge is 0.400 e. The summed E-state index contributed by atoms with van der Waals surface area (Å²) in [6.45, 7) is 12.2. The van der Waals surface area contributed by atoms with E-state index in [1.54, 1.807) is 0 Å². The maximum absolute atomic E-state index is 6.14. The molecule has 2 aliphatic heterocycles. The zero-order valence-electron chi connectivity index (χ0n) is 12.3. The van der Waals surface area contributed by atoms with Gasteiger partial charge < -0.3 is 14.0 Å². The number of hydrogen-bond acceptors (Lipinski definition) is 3. The Balaban J connectivity index is 2.11. The largest absolute Gasteiger partial charge is 0.490 e. The van der Waals surface area contributed by atoms with Crippen molar-refractivity contribution in [2.45, 2.75) is 58.7 Å². The zero-order chi connectivity index (χ0) is 13.4. The number of rotatable bonds is 2. The predicted molar refractivity (Wildman–Crippen MR) is 73.4 cm³/mol. The van der Waals surface area contributed by atoms with Crippen LogP contribution in [-0.4, -0.2) is 31.5 Å². The Labute approximate surface area is 111 Å². The molecule has 0 saturated carbocycles. The SMILES string of the molecule is C/C=C(\B1OC(C)(C)C(C)(C)O1)C1CCOCC1. The average Bonchev–Trinajstić information content (AvgIpc) is 2.50. The van der Waals surface area contributed by atoms with Crippen molar-refractivity contribution in [2.24, 2.45) is 5.92 Å². The van der Waals surface area contributed by atoms with Crippen LogP contribution in [0.1, 0.15) is 47.5 Å². The monoisotopic (exact) mass is 252 g/mol. The topological polar surface area (TPSA) is 27.7 Å². The summed E-state index contributed by atoms with van der Waals surface area (Å²) in [5.74, 6) is 0.540. The molecule has 0 aliphatic carbocycles. The number of allylic oxidation sites excluding steroid dienone is 2. The molecule has 0 unspecified atom stereocenters. The van der Waals surface area contributed by atoms with Crippen molar-refractivity contribution in [1.29, 1.82) is 0 Å². The highest BCUT2D eigenvalue weighted by molar-refractivity contribution is 6.54. The molecule has 0 amide bonds. The summed E-state index contributed by atoms with van der Waals surface area (Å²) >= 11 is 0. The van der Waals surface area contributed by atoms with Crippen LogP contribution >= 0.6 is 0 Å². The molecule has 0 bridgehead atoms. The quantitative estimate of drug-likeness (QED) is 0.707. The fourth-order valence-electron chi connectivity index (χ4n) is 2.57. The van der Waals surface area contributed by atoms with Gasteiger partial charge in [0, 0.05) is 13.2 Å². The maximum atomic E-state index is 6.14. The first-order chi connectivity index (χ1) is 8.37. The summed E-state index contributed by atoms with van der Waals surface area (Å²) in [6, 6.07) is 0. The van der Waals surface area contributed by atoms with Crippen LogP contribution < -0.4 is 0 Å². The average molecular weight is 252 g/mol. The van der Waals surface area contributed by atoms with Gasteiger partial charge in [-0.15, -0.1) is 0 Å². The van der Waals surface area contributed by atoms with Crippen molar-refractivity contribution >= 4 is 7.12 Å². The first-order valence-electron chi connectivity index (χ1n) is 6.97. The maximum Gasteiger partial charge on any atom is 0.490 e. The molecule has 4 heteroatoms. The summed E-state index contributed by atoms with van der Waals surface area (Å²) in [7, 11) is -0.192. The molecular weight excluding hydrogens is 227 g/mol. The summed E-state index contributed by atoms with van der Waals surface area (Å²) < 4.78 is 17.7. The van der Waals surface area contributed by atoms with Crippen LogP contribution in [0.15, 0.2) is 11.5 Å². The van der Waals surface area contributed by atoms with E-state index in [2.05, 4.69) is 40.7 Å². The fraction of sp³-hybridized carbons (Fsp3) is 0.857. The molecule has 2 aliphatic rings. The van der Waals surface area contributed by atoms with E-state index >= 15 is 0 Å². The fourth-order valence-corrected chi connectivity index (χ4v) is 2.57. The van der Waals surface area contributed by atoms with E-state index < -0.39 is 0 Å². The van der Waals surface area contributed by atoms with Crippen molar-refractivity contribution in [2.75, 3.05) is 13.2 Å². The summed E-state index contributed by atoms with van der Waals surface area (Å²) in [5.41, 5.74) is 0.783. The molecule has 3 nitrogen and oxygen atoms in total. The molecule has 0 N–H and O–H groups in total. The second-order valence-electron chi connectivity index (χ2n) is 6.26. The molecule has 0 aromatic rings. The lowest BCUT2D eigenvalue weighted by Crippen LogP contribution is -2.41. The third-order valence-corrected chi connectivity index (χ3v) is 4.55. The highest BCUT2D eigenvalue weighted by Gasteiger charge is 2.53. The molecular formula is C14H25BO3. The standard InChI is InChI=1S/C14H25BO3/c1-6-12(11-7-9-16-10-8-11)15-17-13(2,3)14(4,5)18-15/h6,11H,7-10H2,1-5H3/b12-6-. The first kappa shape index (κ1) is 14.1. The van der Waals surface area contributed by atoms with E-state index in [0.717, 1.165) is 26.1 Å². The van der Waals surface area contributed by atoms with E-state index in [0.29, 0.717) is 5.92 Å². The van der Waals surface area contributed by atoms with Gasteiger partial charge in [0.25, 0.3) is 0 Å². The van der Waals surface area contributed by atoms with E-state index in [-0.39, 0.29) is 18.3 Å². The predicted octanol–water partition coefficient (Wildman–Crippen LogP) is 2.99. The van der Waals surface area contributed by atoms with Crippen molar-refractivity contribution < 1.29 is 14.0 Å². The molecule has 0 radical (unpaired) electrons. The Morgan fingerprint density at radius 3 is 2.00 bits per heavy atom. The minimum Gasteiger partial charge on any atom is -0.400 e. The van der Waals surface area contributed by atoms with Gasteiger partial charge >= 0.3 is 7.12 Å². The molecule has 2 fully saturated rings. The third kappa shape index (κ3) is 2.51. The van der Waals surface area contributed by atoms with Gasteiger partial charge in [-0.05, 0) is 58.9 Å². The Morgan fingerprint density at radius 2 is 1.56 bits per heavy atom. The van der Waals surface area contributed by atoms with Crippen molar-refractivity contribution in [3.05, 3.63) is 11.5 Å². The normalized spacial score (nSPS) is 28.7. The molecule has 0 aromatic heterocycles. The molecule has 2 heterocycles. The summed E-state index contributed by atoms with van der Waals surface area (Å²) in [4.78, 5) is 0. The lowest BCUT2D eigenvalue weighted by atomic mass is 9.68. The number of ether oxygens (including phenoxy) is 1. The van der Waals surface area contributed by atoms with Gasteiger partial charge in [0.2, 0.25) is 0 Å². The summed E-state index contributed by atoms with van der Waals surface area (Å²) in [5, 5.41) is 0. The van der Waals surface area contributed by atoms with E-state index in [1.165, 1.54) is 5.47 Å². The highest BCUT2D eigenvalue weighted by atomic mass is 16.7. The summed E-state index contributed by atoms with van der Waals surface area (Å²) in [6.07, 6.45) is 4.31. The Morgan fingerprint density at radius 1 is 1.06 bits per heavy atom. The highest BCUT2D eigenvalue weighted by Crippen LogP contribution is 2.40. The van der Waals surface area contributed by atoms with Crippen LogP contribution in [0.5, 0.6) is 0 Å². The molecule has 2 rings (SSSR count). The van der Waals surface area contributed by atoms with Gasteiger partial charge in [0.05, 0.1) is 11.2 Å². The van der Waals surface area contributed by atoms with Crippen LogP contribution in [0, 0.1) is 5.92 Å². The van der Waals surface area contributed by atoms with Crippen molar-refractivity contribution in [3.8, 4) is 0 Å². The first-order valence-corrected chi connectivity index (χ1v) is 6.97. The Bertz CT molecular complexity index is 314. The second kappa shape index (κ2) is 4.99. The molecule has 0 spiro atoms. The van der Waals surface area contributed by atoms with E-state index in [9.17, 15) is 0 Å². The van der Waals surface area contributed by atoms with Gasteiger partial charge in [-0.3, -0.25) is 0 Å². The zero-order valence-corrected chi connectivity index (χ0v) is 12.3. The van der Waals surface area contributed by atoms with Gasteiger partial charge in [0.15, 0.2) is 0 Å². The molecule has 102 valence electrons. The minimum atomic E-state index is -0.253. The molecule has 0 aromatic carbocycles. The molecule has 2 saturated heterocycles. The van der Waals surface area contributed by atoms with E-state index in [4.69, 9.17) is 14.0 Å². The Hall–Kier alpha value is -0.315. The van der Waals surface area contributed by atoms with Crippen molar-refractivity contribution in [1.82, 2.24) is 0 Å². The molecule has 18 heavy (non-hydrogen) atoms. The van der Waals surface area contributed by atoms with Crippen LogP contribution in [0.2, 0.25) is 0 Å². The van der Waals surface area contributed by atoms with Crippen LogP contribution in [0.4, 0.5) is 0 Å². The van der Waals surface area contributed by atoms with Crippen LogP contribution in [0.25, 0.3) is 0 Å².